The molecular formula is C15H12BrF2NO. The van der Waals surface area contributed by atoms with E-state index in [1.807, 2.05) is 0 Å². The average Bonchev–Trinajstić information content (AvgIpc) is 2.39. The average molecular weight is 340 g/mol. The van der Waals surface area contributed by atoms with E-state index >= 15 is 0 Å². The lowest BCUT2D eigenvalue weighted by Crippen LogP contribution is -2.31. The molecule has 0 fully saturated rings. The summed E-state index contributed by atoms with van der Waals surface area (Å²) in [6.45, 7) is 2.06. The van der Waals surface area contributed by atoms with Crippen LogP contribution in [0.15, 0.2) is 46.9 Å². The van der Waals surface area contributed by atoms with E-state index in [2.05, 4.69) is 15.9 Å². The number of anilines is 1. The number of rotatable bonds is 3. The van der Waals surface area contributed by atoms with Crippen molar-refractivity contribution in [2.75, 3.05) is 11.4 Å². The van der Waals surface area contributed by atoms with Crippen LogP contribution in [0.25, 0.3) is 0 Å². The topological polar surface area (TPSA) is 20.3 Å². The molecule has 0 saturated carbocycles. The van der Waals surface area contributed by atoms with Crippen LogP contribution in [0.4, 0.5) is 14.5 Å². The van der Waals surface area contributed by atoms with Gasteiger partial charge in [0.1, 0.15) is 11.6 Å². The minimum atomic E-state index is -0.612. The van der Waals surface area contributed by atoms with Gasteiger partial charge in [0.15, 0.2) is 0 Å². The lowest BCUT2D eigenvalue weighted by molar-refractivity contribution is 0.0983. The quantitative estimate of drug-likeness (QED) is 0.811. The molecule has 104 valence electrons. The Morgan fingerprint density at radius 2 is 1.90 bits per heavy atom. The van der Waals surface area contributed by atoms with Gasteiger partial charge in [0.05, 0.1) is 5.56 Å². The first-order chi connectivity index (χ1) is 9.54. The van der Waals surface area contributed by atoms with Gasteiger partial charge in [-0.15, -0.1) is 0 Å². The highest BCUT2D eigenvalue weighted by Crippen LogP contribution is 2.24. The highest BCUT2D eigenvalue weighted by Gasteiger charge is 2.22. The number of carbonyl (C=O) groups excluding carboxylic acids is 1. The summed E-state index contributed by atoms with van der Waals surface area (Å²) in [4.78, 5) is 13.8. The third kappa shape index (κ3) is 2.88. The number of carbonyl (C=O) groups is 1. The summed E-state index contributed by atoms with van der Waals surface area (Å²) in [5.41, 5.74) is 0.339. The first-order valence-electron chi connectivity index (χ1n) is 6.06. The van der Waals surface area contributed by atoms with Gasteiger partial charge in [0, 0.05) is 16.7 Å². The zero-order valence-corrected chi connectivity index (χ0v) is 12.3. The molecule has 0 unspecified atom stereocenters. The van der Waals surface area contributed by atoms with Gasteiger partial charge in [-0.25, -0.2) is 8.78 Å². The van der Waals surface area contributed by atoms with E-state index in [-0.39, 0.29) is 5.56 Å². The smallest absolute Gasteiger partial charge is 0.262 e. The fourth-order valence-electron chi connectivity index (χ4n) is 1.92. The number of halogens is 3. The molecule has 0 aliphatic heterocycles. The van der Waals surface area contributed by atoms with E-state index in [0.717, 1.165) is 0 Å². The molecule has 0 aliphatic rings. The Bertz CT molecular complexity index is 625. The van der Waals surface area contributed by atoms with Crippen LogP contribution in [0, 0.1) is 11.6 Å². The first kappa shape index (κ1) is 14.7. The van der Waals surface area contributed by atoms with Gasteiger partial charge >= 0.3 is 0 Å². The number of nitrogens with zero attached hydrogens (tertiary/aromatic N) is 1. The van der Waals surface area contributed by atoms with Crippen LogP contribution in [0.2, 0.25) is 0 Å². The molecule has 0 aliphatic carbocycles. The lowest BCUT2D eigenvalue weighted by Gasteiger charge is -2.22. The molecule has 0 spiro atoms. The minimum absolute atomic E-state index is 0.0568. The first-order valence-corrected chi connectivity index (χ1v) is 6.85. The molecule has 1 amide bonds. The van der Waals surface area contributed by atoms with E-state index in [9.17, 15) is 13.6 Å². The Morgan fingerprint density at radius 3 is 2.50 bits per heavy atom. The molecule has 0 bridgehead atoms. The van der Waals surface area contributed by atoms with E-state index in [1.54, 1.807) is 19.1 Å². The summed E-state index contributed by atoms with van der Waals surface area (Å²) in [5.74, 6) is -1.57. The third-order valence-electron chi connectivity index (χ3n) is 2.86. The molecule has 2 aromatic rings. The normalized spacial score (nSPS) is 10.4. The Morgan fingerprint density at radius 1 is 1.20 bits per heavy atom. The largest absolute Gasteiger partial charge is 0.308 e. The van der Waals surface area contributed by atoms with Gasteiger partial charge in [0.2, 0.25) is 0 Å². The Kier molecular flexibility index (Phi) is 4.49. The van der Waals surface area contributed by atoms with Crippen molar-refractivity contribution in [3.63, 3.8) is 0 Å². The number of amides is 1. The zero-order valence-electron chi connectivity index (χ0n) is 10.7. The molecule has 0 aromatic heterocycles. The Hall–Kier alpha value is -1.75. The molecule has 0 radical (unpaired) electrons. The molecular weight excluding hydrogens is 328 g/mol. The predicted molar refractivity (Wildman–Crippen MR) is 77.9 cm³/mol. The Labute approximate surface area is 124 Å². The van der Waals surface area contributed by atoms with Crippen molar-refractivity contribution in [1.82, 2.24) is 0 Å². The van der Waals surface area contributed by atoms with Crippen molar-refractivity contribution in [1.29, 1.82) is 0 Å². The maximum atomic E-state index is 13.8. The summed E-state index contributed by atoms with van der Waals surface area (Å²) in [5, 5.41) is 0. The minimum Gasteiger partial charge on any atom is -0.308 e. The fourth-order valence-corrected chi connectivity index (χ4v) is 2.44. The van der Waals surface area contributed by atoms with Crippen LogP contribution in [0.3, 0.4) is 0 Å². The molecule has 0 saturated heterocycles. The van der Waals surface area contributed by atoms with Gasteiger partial charge in [-0.05, 0) is 53.2 Å². The van der Waals surface area contributed by atoms with Gasteiger partial charge < -0.3 is 4.90 Å². The second-order valence-corrected chi connectivity index (χ2v) is 4.98. The lowest BCUT2D eigenvalue weighted by atomic mass is 10.1. The molecule has 20 heavy (non-hydrogen) atoms. The number of benzene rings is 2. The molecule has 2 nitrogen and oxygen atoms in total. The highest BCUT2D eigenvalue weighted by molar-refractivity contribution is 9.10. The van der Waals surface area contributed by atoms with Crippen molar-refractivity contribution in [2.24, 2.45) is 0 Å². The molecule has 0 heterocycles. The van der Waals surface area contributed by atoms with Crippen molar-refractivity contribution in [3.8, 4) is 0 Å². The van der Waals surface area contributed by atoms with Crippen molar-refractivity contribution in [2.45, 2.75) is 6.92 Å². The predicted octanol–water partition coefficient (Wildman–Crippen LogP) is 4.39. The van der Waals surface area contributed by atoms with Gasteiger partial charge in [-0.1, -0.05) is 12.1 Å². The van der Waals surface area contributed by atoms with Crippen LogP contribution in [0.1, 0.15) is 17.3 Å². The summed E-state index contributed by atoms with van der Waals surface area (Å²) >= 11 is 3.17. The fraction of sp³-hybridized carbons (Fsp3) is 0.133. The second kappa shape index (κ2) is 6.13. The maximum absolute atomic E-state index is 13.8. The third-order valence-corrected chi connectivity index (χ3v) is 3.52. The number of hydrogen-bond donors (Lipinski definition) is 0. The maximum Gasteiger partial charge on any atom is 0.262 e. The van der Waals surface area contributed by atoms with Crippen molar-refractivity contribution in [3.05, 3.63) is 64.1 Å². The molecule has 0 atom stereocenters. The standard InChI is InChI=1S/C15H12BrF2NO/c1-2-19(11-6-3-5-10(17)9-11)15(20)14-12(16)7-4-8-13(14)18/h3-9H,2H2,1H3. The zero-order chi connectivity index (χ0) is 14.7. The second-order valence-electron chi connectivity index (χ2n) is 4.13. The monoisotopic (exact) mass is 339 g/mol. The molecule has 5 heteroatoms. The van der Waals surface area contributed by atoms with Crippen LogP contribution in [-0.4, -0.2) is 12.5 Å². The van der Waals surface area contributed by atoms with Gasteiger partial charge in [-0.2, -0.15) is 0 Å². The van der Waals surface area contributed by atoms with E-state index in [1.165, 1.54) is 35.2 Å². The van der Waals surface area contributed by atoms with Gasteiger partial charge in [0.25, 0.3) is 5.91 Å². The van der Waals surface area contributed by atoms with Crippen LogP contribution >= 0.6 is 15.9 Å². The van der Waals surface area contributed by atoms with E-state index < -0.39 is 17.5 Å². The Balaban J connectivity index is 2.45. The number of hydrogen-bond acceptors (Lipinski definition) is 1. The molecule has 2 aromatic carbocycles. The summed E-state index contributed by atoms with van der Waals surface area (Å²) in [6.07, 6.45) is 0. The molecule has 2 rings (SSSR count). The van der Waals surface area contributed by atoms with Crippen molar-refractivity contribution < 1.29 is 13.6 Å². The SMILES string of the molecule is CCN(C(=O)c1c(F)cccc1Br)c1cccc(F)c1. The van der Waals surface area contributed by atoms with Crippen LogP contribution < -0.4 is 4.90 Å². The van der Waals surface area contributed by atoms with Crippen LogP contribution in [0.5, 0.6) is 0 Å². The van der Waals surface area contributed by atoms with Crippen LogP contribution in [-0.2, 0) is 0 Å². The van der Waals surface area contributed by atoms with Crippen molar-refractivity contribution >= 4 is 27.5 Å². The van der Waals surface area contributed by atoms with Gasteiger partial charge in [-0.3, -0.25) is 4.79 Å². The summed E-state index contributed by atoms with van der Waals surface area (Å²) in [7, 11) is 0. The van der Waals surface area contributed by atoms with E-state index in [4.69, 9.17) is 0 Å². The summed E-state index contributed by atoms with van der Waals surface area (Å²) < 4.78 is 27.5. The molecule has 0 N–H and O–H groups in total. The summed E-state index contributed by atoms with van der Waals surface area (Å²) in [6, 6.07) is 9.98. The van der Waals surface area contributed by atoms with E-state index in [0.29, 0.717) is 16.7 Å². The highest BCUT2D eigenvalue weighted by atomic mass is 79.9.